The number of alkyl halides is 2. The number of allylic oxidation sites excluding steroid dienone is 2. The molecule has 2 heterocycles. The highest BCUT2D eigenvalue weighted by Gasteiger charge is 2.76. The third-order valence-electron chi connectivity index (χ3n) is 8.97. The molecule has 6 atom stereocenters. The van der Waals surface area contributed by atoms with Crippen LogP contribution in [0.15, 0.2) is 54.1 Å². The molecular weight excluding hydrogens is 589 g/mol. The Labute approximate surface area is 249 Å². The largest absolute Gasteiger partial charge is 0.504 e. The Kier molecular flexibility index (Phi) is 6.39. The van der Waals surface area contributed by atoms with Crippen LogP contribution in [-0.4, -0.2) is 62.0 Å². The second-order valence-electron chi connectivity index (χ2n) is 10.9. The molecule has 2 saturated heterocycles. The number of nitrogens with zero attached hydrogens (tertiary/aromatic N) is 3. The SMILES string of the molecule is CCOc1cccc(C2C3=CCC4C(=O)N(c5ccc([N+](=O)[O-])cc5)C(=O)C4C3CC3(Cl)C(=O)N(C)C(=O)C23Cl)c1O. The van der Waals surface area contributed by atoms with E-state index < -0.39 is 62.0 Å². The number of aromatic hydroxyl groups is 1. The Balaban J connectivity index is 1.50. The van der Waals surface area contributed by atoms with Crippen LogP contribution in [0.3, 0.4) is 0 Å². The maximum atomic E-state index is 14.0. The Morgan fingerprint density at radius 3 is 2.38 bits per heavy atom. The summed E-state index contributed by atoms with van der Waals surface area (Å²) in [6.45, 7) is 1.99. The van der Waals surface area contributed by atoms with Gasteiger partial charge in [-0.05, 0) is 43.9 Å². The van der Waals surface area contributed by atoms with Gasteiger partial charge in [-0.15, -0.1) is 23.2 Å². The molecule has 6 rings (SSSR count). The van der Waals surface area contributed by atoms with E-state index in [4.69, 9.17) is 27.9 Å². The Morgan fingerprint density at radius 1 is 1.05 bits per heavy atom. The summed E-state index contributed by atoms with van der Waals surface area (Å²) in [6, 6.07) is 9.83. The number of imide groups is 2. The van der Waals surface area contributed by atoms with Crippen LogP contribution in [0.5, 0.6) is 11.5 Å². The number of amides is 4. The van der Waals surface area contributed by atoms with Crippen molar-refractivity contribution in [1.29, 1.82) is 0 Å². The van der Waals surface area contributed by atoms with Gasteiger partial charge in [0.2, 0.25) is 11.8 Å². The number of benzene rings is 2. The zero-order chi connectivity index (χ0) is 30.3. The lowest BCUT2D eigenvalue weighted by Gasteiger charge is -2.50. The van der Waals surface area contributed by atoms with Crippen LogP contribution in [0.2, 0.25) is 0 Å². The van der Waals surface area contributed by atoms with Crippen molar-refractivity contribution >= 4 is 58.2 Å². The number of fused-ring (bicyclic) bond motifs is 4. The zero-order valence-electron chi connectivity index (χ0n) is 22.5. The molecular formula is C29H25Cl2N3O8. The van der Waals surface area contributed by atoms with Gasteiger partial charge in [-0.3, -0.25) is 39.1 Å². The third kappa shape index (κ3) is 3.53. The summed E-state index contributed by atoms with van der Waals surface area (Å²) in [5.74, 6) is -6.28. The Morgan fingerprint density at radius 2 is 1.74 bits per heavy atom. The number of ether oxygens (including phenoxy) is 1. The number of halogens is 2. The molecule has 1 saturated carbocycles. The van der Waals surface area contributed by atoms with E-state index in [1.165, 1.54) is 31.3 Å². The number of likely N-dealkylation sites (tertiary alicyclic amines) is 1. The number of rotatable bonds is 5. The monoisotopic (exact) mass is 613 g/mol. The fourth-order valence-corrected chi connectivity index (χ4v) is 8.12. The van der Waals surface area contributed by atoms with Gasteiger partial charge in [-0.25, -0.2) is 0 Å². The Hall–Kier alpha value is -3.96. The lowest BCUT2D eigenvalue weighted by molar-refractivity contribution is -0.384. The second-order valence-corrected chi connectivity index (χ2v) is 12.2. The molecule has 0 radical (unpaired) electrons. The first-order chi connectivity index (χ1) is 19.9. The first-order valence-corrected chi connectivity index (χ1v) is 14.1. The first kappa shape index (κ1) is 28.2. The van der Waals surface area contributed by atoms with Gasteiger partial charge in [-0.2, -0.15) is 0 Å². The number of carbonyl (C=O) groups excluding carboxylic acids is 4. The van der Waals surface area contributed by atoms with E-state index in [1.807, 2.05) is 0 Å². The van der Waals surface area contributed by atoms with Gasteiger partial charge in [0.15, 0.2) is 21.2 Å². The average molecular weight is 614 g/mol. The van der Waals surface area contributed by atoms with Gasteiger partial charge in [-0.1, -0.05) is 23.8 Å². The van der Waals surface area contributed by atoms with Crippen LogP contribution in [0.25, 0.3) is 0 Å². The van der Waals surface area contributed by atoms with Crippen LogP contribution in [0.4, 0.5) is 11.4 Å². The molecule has 1 N–H and O–H groups in total. The lowest BCUT2D eigenvalue weighted by atomic mass is 9.56. The number of phenols is 1. The van der Waals surface area contributed by atoms with Crippen molar-refractivity contribution in [3.63, 3.8) is 0 Å². The number of phenolic OH excluding ortho intramolecular Hbond substituents is 1. The topological polar surface area (TPSA) is 147 Å². The third-order valence-corrected chi connectivity index (χ3v) is 10.4. The average Bonchev–Trinajstić information content (AvgIpc) is 3.29. The van der Waals surface area contributed by atoms with Crippen molar-refractivity contribution in [2.24, 2.45) is 17.8 Å². The second kappa shape index (κ2) is 9.53. The minimum absolute atomic E-state index is 0.132. The van der Waals surface area contributed by atoms with E-state index in [0.29, 0.717) is 5.57 Å². The molecule has 2 aliphatic carbocycles. The molecule has 3 fully saturated rings. The van der Waals surface area contributed by atoms with E-state index in [2.05, 4.69) is 0 Å². The summed E-state index contributed by atoms with van der Waals surface area (Å²) < 4.78 is 5.57. The summed E-state index contributed by atoms with van der Waals surface area (Å²) in [5, 5.41) is 22.4. The van der Waals surface area contributed by atoms with Gasteiger partial charge < -0.3 is 9.84 Å². The number of carbonyl (C=O) groups is 4. The van der Waals surface area contributed by atoms with Gasteiger partial charge in [0.25, 0.3) is 17.5 Å². The van der Waals surface area contributed by atoms with Crippen LogP contribution in [-0.2, 0) is 19.2 Å². The highest BCUT2D eigenvalue weighted by molar-refractivity contribution is 6.53. The number of nitro benzene ring substituents is 1. The molecule has 0 aromatic heterocycles. The number of hydrogen-bond donors (Lipinski definition) is 1. The van der Waals surface area contributed by atoms with Crippen molar-refractivity contribution in [2.75, 3.05) is 18.6 Å². The maximum absolute atomic E-state index is 14.0. The summed E-state index contributed by atoms with van der Waals surface area (Å²) in [7, 11) is 1.28. The summed E-state index contributed by atoms with van der Waals surface area (Å²) in [4.78, 5) is 63.2. The number of hydrogen-bond acceptors (Lipinski definition) is 8. The molecule has 2 aromatic rings. The predicted molar refractivity (Wildman–Crippen MR) is 150 cm³/mol. The van der Waals surface area contributed by atoms with E-state index in [1.54, 1.807) is 31.2 Å². The van der Waals surface area contributed by atoms with E-state index in [0.717, 1.165) is 9.80 Å². The van der Waals surface area contributed by atoms with Crippen molar-refractivity contribution < 1.29 is 33.9 Å². The number of anilines is 1. The van der Waals surface area contributed by atoms with Crippen molar-refractivity contribution in [1.82, 2.24) is 4.90 Å². The van der Waals surface area contributed by atoms with Crippen LogP contribution >= 0.6 is 23.2 Å². The summed E-state index contributed by atoms with van der Waals surface area (Å²) in [6.07, 6.45) is 1.69. The standard InChI is InChI=1S/C29H25Cl2N3O8/c1-3-42-20-6-4-5-18(23(20)35)22-16-11-12-17-21(19(16)13-28(30)26(38)32(2)27(39)29(22,28)31)25(37)33(24(17)36)14-7-9-15(10-8-14)34(40)41/h4-11,17,19,21-22,35H,3,12-13H2,1-2H3. The molecule has 4 aliphatic rings. The fourth-order valence-electron chi connectivity index (χ4n) is 7.11. The normalized spacial score (nSPS) is 32.0. The molecule has 6 unspecified atom stereocenters. The molecule has 11 nitrogen and oxygen atoms in total. The van der Waals surface area contributed by atoms with Gasteiger partial charge in [0, 0.05) is 30.7 Å². The highest BCUT2D eigenvalue weighted by Crippen LogP contribution is 2.66. The van der Waals surface area contributed by atoms with Crippen LogP contribution in [0.1, 0.15) is 31.2 Å². The molecule has 2 aromatic carbocycles. The van der Waals surface area contributed by atoms with Crippen LogP contribution < -0.4 is 9.64 Å². The van der Waals surface area contributed by atoms with Gasteiger partial charge in [0.05, 0.1) is 29.1 Å². The minimum atomic E-state index is -2.04. The molecule has 42 heavy (non-hydrogen) atoms. The predicted octanol–water partition coefficient (Wildman–Crippen LogP) is 3.89. The molecule has 218 valence electrons. The first-order valence-electron chi connectivity index (χ1n) is 13.4. The smallest absolute Gasteiger partial charge is 0.269 e. The van der Waals surface area contributed by atoms with E-state index >= 15 is 0 Å². The van der Waals surface area contributed by atoms with Crippen LogP contribution in [0, 0.1) is 27.9 Å². The van der Waals surface area contributed by atoms with Gasteiger partial charge >= 0.3 is 0 Å². The van der Waals surface area contributed by atoms with E-state index in [-0.39, 0.29) is 47.9 Å². The molecule has 13 heteroatoms. The highest BCUT2D eigenvalue weighted by atomic mass is 35.5. The molecule has 2 aliphatic heterocycles. The van der Waals surface area contributed by atoms with Crippen molar-refractivity contribution in [2.45, 2.75) is 35.4 Å². The molecule has 0 bridgehead atoms. The Bertz CT molecular complexity index is 1610. The fraction of sp³-hybridized carbons (Fsp3) is 0.379. The van der Waals surface area contributed by atoms with Gasteiger partial charge in [0.1, 0.15) is 0 Å². The van der Waals surface area contributed by atoms with E-state index in [9.17, 15) is 34.4 Å². The minimum Gasteiger partial charge on any atom is -0.504 e. The number of nitro groups is 1. The summed E-state index contributed by atoms with van der Waals surface area (Å²) >= 11 is 14.3. The lowest BCUT2D eigenvalue weighted by Crippen LogP contribution is -2.60. The maximum Gasteiger partial charge on any atom is 0.269 e. The number of para-hydroxylation sites is 1. The molecule has 0 spiro atoms. The van der Waals surface area contributed by atoms with Crippen molar-refractivity contribution in [3.05, 3.63) is 69.8 Å². The number of non-ortho nitro benzene ring substituents is 1. The quantitative estimate of drug-likeness (QED) is 0.176. The summed E-state index contributed by atoms with van der Waals surface area (Å²) in [5.41, 5.74) is 0.713. The molecule has 4 amide bonds. The van der Waals surface area contributed by atoms with Crippen molar-refractivity contribution in [3.8, 4) is 11.5 Å². The zero-order valence-corrected chi connectivity index (χ0v) is 24.0.